The van der Waals surface area contributed by atoms with Crippen LogP contribution in [0.3, 0.4) is 0 Å². The summed E-state index contributed by atoms with van der Waals surface area (Å²) in [5, 5.41) is 12.4. The second kappa shape index (κ2) is 6.86. The first-order valence-electron chi connectivity index (χ1n) is 10.4. The lowest BCUT2D eigenvalue weighted by Gasteiger charge is -2.32. The third-order valence-electron chi connectivity index (χ3n) is 7.15. The molecule has 3 aliphatic rings. The Labute approximate surface area is 168 Å². The average molecular weight is 388 g/mol. The summed E-state index contributed by atoms with van der Waals surface area (Å²) < 4.78 is 0. The molecular formula is C22H33N3O3. The third kappa shape index (κ3) is 3.56. The van der Waals surface area contributed by atoms with Gasteiger partial charge in [0.05, 0.1) is 6.07 Å². The lowest BCUT2D eigenvalue weighted by molar-refractivity contribution is -0.142. The summed E-state index contributed by atoms with van der Waals surface area (Å²) in [6, 6.07) is 0.945. The molecule has 1 saturated heterocycles. The van der Waals surface area contributed by atoms with E-state index in [0.717, 1.165) is 6.42 Å². The highest BCUT2D eigenvalue weighted by molar-refractivity contribution is 5.90. The van der Waals surface area contributed by atoms with Crippen molar-refractivity contribution >= 4 is 17.6 Å². The number of hydrogen-bond donors (Lipinski definition) is 1. The summed E-state index contributed by atoms with van der Waals surface area (Å²) >= 11 is 0. The molecule has 28 heavy (non-hydrogen) atoms. The van der Waals surface area contributed by atoms with Crippen LogP contribution in [0.5, 0.6) is 0 Å². The van der Waals surface area contributed by atoms with Crippen LogP contribution in [0, 0.1) is 45.8 Å². The number of carbonyl (C=O) groups is 3. The van der Waals surface area contributed by atoms with Crippen LogP contribution < -0.4 is 5.32 Å². The molecule has 1 N–H and O–H groups in total. The Morgan fingerprint density at radius 2 is 1.93 bits per heavy atom. The standard InChI is InChI=1S/C22H33N3O3/c1-12(2)20(28)25-11-15-17(22(15,5)6)18(25)19(27)24-14(10-23)7-13-8-21(3,4)9-16(13)26/h12-15,17-18H,7-9,11H2,1-6H3,(H,24,27). The average Bonchev–Trinajstić information content (AvgIpc) is 2.90. The second-order valence-electron chi connectivity index (χ2n) is 10.7. The molecule has 0 aromatic carbocycles. The predicted molar refractivity (Wildman–Crippen MR) is 105 cm³/mol. The number of hydrogen-bond acceptors (Lipinski definition) is 4. The molecule has 6 nitrogen and oxygen atoms in total. The zero-order valence-electron chi connectivity index (χ0n) is 17.9. The van der Waals surface area contributed by atoms with Crippen molar-refractivity contribution in [2.75, 3.05) is 6.54 Å². The largest absolute Gasteiger partial charge is 0.339 e. The minimum absolute atomic E-state index is 0.00984. The van der Waals surface area contributed by atoms with E-state index in [1.54, 1.807) is 4.90 Å². The van der Waals surface area contributed by atoms with Crippen LogP contribution in [0.15, 0.2) is 0 Å². The number of ketones is 1. The van der Waals surface area contributed by atoms with Crippen molar-refractivity contribution in [2.45, 2.75) is 72.9 Å². The van der Waals surface area contributed by atoms with Crippen molar-refractivity contribution < 1.29 is 14.4 Å². The van der Waals surface area contributed by atoms with Gasteiger partial charge in [0.25, 0.3) is 0 Å². The Balaban J connectivity index is 1.70. The van der Waals surface area contributed by atoms with Crippen LogP contribution in [0.4, 0.5) is 0 Å². The van der Waals surface area contributed by atoms with Gasteiger partial charge in [-0.2, -0.15) is 5.26 Å². The SMILES string of the molecule is CC(C)C(=O)N1CC2C(C1C(=O)NC(C#N)CC1CC(C)(C)CC1=O)C2(C)C. The van der Waals surface area contributed by atoms with Crippen LogP contribution in [-0.2, 0) is 14.4 Å². The molecule has 0 radical (unpaired) electrons. The van der Waals surface area contributed by atoms with E-state index in [2.05, 4.69) is 39.1 Å². The first-order chi connectivity index (χ1) is 12.9. The minimum atomic E-state index is -0.702. The van der Waals surface area contributed by atoms with Gasteiger partial charge in [0, 0.05) is 24.8 Å². The highest BCUT2D eigenvalue weighted by atomic mass is 16.2. The Morgan fingerprint density at radius 3 is 2.43 bits per heavy atom. The van der Waals surface area contributed by atoms with Crippen LogP contribution >= 0.6 is 0 Å². The highest BCUT2D eigenvalue weighted by Gasteiger charge is 2.69. The summed E-state index contributed by atoms with van der Waals surface area (Å²) in [6.45, 7) is 12.7. The van der Waals surface area contributed by atoms with Crippen molar-refractivity contribution in [3.05, 3.63) is 0 Å². The van der Waals surface area contributed by atoms with Gasteiger partial charge >= 0.3 is 0 Å². The molecule has 3 fully saturated rings. The lowest BCUT2D eigenvalue weighted by Crippen LogP contribution is -2.53. The number of likely N-dealkylation sites (tertiary alicyclic amines) is 1. The number of amides is 2. The summed E-state index contributed by atoms with van der Waals surface area (Å²) in [5.74, 6) is 0.0569. The van der Waals surface area contributed by atoms with E-state index >= 15 is 0 Å². The van der Waals surface area contributed by atoms with Crippen LogP contribution in [0.25, 0.3) is 0 Å². The fourth-order valence-electron chi connectivity index (χ4n) is 5.51. The summed E-state index contributed by atoms with van der Waals surface area (Å²) in [7, 11) is 0. The van der Waals surface area contributed by atoms with E-state index in [9.17, 15) is 19.6 Å². The van der Waals surface area contributed by atoms with Crippen molar-refractivity contribution in [1.82, 2.24) is 10.2 Å². The fourth-order valence-corrected chi connectivity index (χ4v) is 5.51. The molecule has 6 heteroatoms. The number of rotatable bonds is 5. The van der Waals surface area contributed by atoms with Crippen LogP contribution in [0.1, 0.15) is 60.8 Å². The number of nitrogens with zero attached hydrogens (tertiary/aromatic N) is 2. The van der Waals surface area contributed by atoms with Gasteiger partial charge in [0.1, 0.15) is 17.9 Å². The number of piperidine rings is 1. The van der Waals surface area contributed by atoms with E-state index in [1.807, 2.05) is 13.8 Å². The number of nitrogens with one attached hydrogen (secondary N) is 1. The first kappa shape index (κ1) is 20.8. The van der Waals surface area contributed by atoms with Gasteiger partial charge in [-0.3, -0.25) is 14.4 Å². The molecule has 1 heterocycles. The quantitative estimate of drug-likeness (QED) is 0.785. The molecule has 1 aliphatic heterocycles. The van der Waals surface area contributed by atoms with Gasteiger partial charge < -0.3 is 10.2 Å². The Bertz CT molecular complexity index is 734. The van der Waals surface area contributed by atoms with Gasteiger partial charge in [-0.1, -0.05) is 41.5 Å². The molecule has 2 saturated carbocycles. The normalized spacial score (nSPS) is 33.4. The maximum atomic E-state index is 13.1. The first-order valence-corrected chi connectivity index (χ1v) is 10.4. The molecule has 154 valence electrons. The third-order valence-corrected chi connectivity index (χ3v) is 7.15. The molecule has 0 bridgehead atoms. The van der Waals surface area contributed by atoms with E-state index in [-0.39, 0.29) is 46.2 Å². The number of Topliss-reactive ketones (excluding diaryl/α,β-unsaturated/α-hetero) is 1. The lowest BCUT2D eigenvalue weighted by atomic mass is 9.89. The summed E-state index contributed by atoms with van der Waals surface area (Å²) in [6.07, 6.45) is 1.63. The van der Waals surface area contributed by atoms with Gasteiger partial charge in [0.15, 0.2) is 0 Å². The maximum Gasteiger partial charge on any atom is 0.244 e. The minimum Gasteiger partial charge on any atom is -0.339 e. The number of carbonyl (C=O) groups excluding carboxylic acids is 3. The summed E-state index contributed by atoms with van der Waals surface area (Å²) in [4.78, 5) is 39.7. The molecule has 0 aromatic heterocycles. The number of nitriles is 1. The predicted octanol–water partition coefficient (Wildman–Crippen LogP) is 2.53. The van der Waals surface area contributed by atoms with Gasteiger partial charge in [0.2, 0.25) is 11.8 Å². The van der Waals surface area contributed by atoms with Gasteiger partial charge in [-0.05, 0) is 35.5 Å². The topological polar surface area (TPSA) is 90.3 Å². The second-order valence-corrected chi connectivity index (χ2v) is 10.7. The van der Waals surface area contributed by atoms with Crippen molar-refractivity contribution in [1.29, 1.82) is 5.26 Å². The van der Waals surface area contributed by atoms with Crippen molar-refractivity contribution in [2.24, 2.45) is 34.5 Å². The van der Waals surface area contributed by atoms with Crippen molar-refractivity contribution in [3.8, 4) is 6.07 Å². The molecular weight excluding hydrogens is 354 g/mol. The summed E-state index contributed by atoms with van der Waals surface area (Å²) in [5.41, 5.74) is 0.00626. The fraction of sp³-hybridized carbons (Fsp3) is 0.818. The van der Waals surface area contributed by atoms with E-state index in [1.165, 1.54) is 0 Å². The molecule has 0 aromatic rings. The Morgan fingerprint density at radius 1 is 1.29 bits per heavy atom. The number of fused-ring (bicyclic) bond motifs is 1. The van der Waals surface area contributed by atoms with Gasteiger partial charge in [-0.15, -0.1) is 0 Å². The van der Waals surface area contributed by atoms with Gasteiger partial charge in [-0.25, -0.2) is 0 Å². The van der Waals surface area contributed by atoms with Crippen molar-refractivity contribution in [3.63, 3.8) is 0 Å². The maximum absolute atomic E-state index is 13.1. The van der Waals surface area contributed by atoms with E-state index in [4.69, 9.17) is 0 Å². The Hall–Kier alpha value is -1.90. The zero-order chi connectivity index (χ0) is 21.0. The van der Waals surface area contributed by atoms with Crippen LogP contribution in [0.2, 0.25) is 0 Å². The molecule has 5 unspecified atom stereocenters. The van der Waals surface area contributed by atoms with E-state index < -0.39 is 12.1 Å². The molecule has 2 aliphatic carbocycles. The molecule has 0 spiro atoms. The monoisotopic (exact) mass is 387 g/mol. The van der Waals surface area contributed by atoms with E-state index in [0.29, 0.717) is 25.3 Å². The molecule has 5 atom stereocenters. The molecule has 2 amide bonds. The van der Waals surface area contributed by atoms with Crippen LogP contribution in [-0.4, -0.2) is 41.1 Å². The zero-order valence-corrected chi connectivity index (χ0v) is 17.9. The molecule has 3 rings (SSSR count). The Kier molecular flexibility index (Phi) is 5.10. The highest BCUT2D eigenvalue weighted by Crippen LogP contribution is 2.65. The smallest absolute Gasteiger partial charge is 0.244 e.